The Morgan fingerprint density at radius 2 is 1.74 bits per heavy atom. The summed E-state index contributed by atoms with van der Waals surface area (Å²) in [5.74, 6) is 1.89. The van der Waals surface area contributed by atoms with E-state index in [-0.39, 0.29) is 27.6 Å². The second-order valence-corrected chi connectivity index (χ2v) is 14.8. The van der Waals surface area contributed by atoms with E-state index < -0.39 is 11.4 Å². The van der Waals surface area contributed by atoms with Crippen LogP contribution in [0, 0.1) is 51.2 Å². The van der Waals surface area contributed by atoms with Gasteiger partial charge >= 0.3 is 5.97 Å². The number of hydrogen-bond donors (Lipinski definition) is 2. The summed E-state index contributed by atoms with van der Waals surface area (Å²) in [6.45, 7) is 19.2. The molecule has 0 spiro atoms. The van der Waals surface area contributed by atoms with Crippen LogP contribution in [-0.2, 0) is 16.6 Å². The molecule has 4 fully saturated rings. The Hall–Kier alpha value is -1.58. The number of aromatic amines is 1. The van der Waals surface area contributed by atoms with Crippen molar-refractivity contribution in [3.63, 3.8) is 0 Å². The van der Waals surface area contributed by atoms with Crippen molar-refractivity contribution in [1.82, 2.24) is 10.2 Å². The smallest absolute Gasteiger partial charge is 0.309 e. The van der Waals surface area contributed by atoms with Gasteiger partial charge in [-0.1, -0.05) is 46.8 Å². The molecule has 0 aliphatic heterocycles. The number of rotatable bonds is 2. The Labute approximate surface area is 211 Å². The van der Waals surface area contributed by atoms with E-state index in [1.165, 1.54) is 42.5 Å². The predicted molar refractivity (Wildman–Crippen MR) is 139 cm³/mol. The summed E-state index contributed by atoms with van der Waals surface area (Å²) < 4.78 is 0. The number of H-pyrrole nitrogens is 1. The molecule has 4 nitrogen and oxygen atoms in total. The van der Waals surface area contributed by atoms with E-state index in [1.807, 2.05) is 0 Å². The van der Waals surface area contributed by atoms with E-state index in [2.05, 4.69) is 64.5 Å². The first-order valence-corrected chi connectivity index (χ1v) is 14.2. The van der Waals surface area contributed by atoms with E-state index in [9.17, 15) is 9.90 Å². The molecule has 9 atom stereocenters. The molecule has 5 aliphatic rings. The third-order valence-electron chi connectivity index (χ3n) is 13.6. The Morgan fingerprint density at radius 3 is 2.43 bits per heavy atom. The molecule has 2 N–H and O–H groups in total. The number of carboxylic acids is 1. The summed E-state index contributed by atoms with van der Waals surface area (Å²) in [4.78, 5) is 12.8. The van der Waals surface area contributed by atoms with Gasteiger partial charge in [-0.15, -0.1) is 0 Å². The van der Waals surface area contributed by atoms with Crippen LogP contribution in [0.3, 0.4) is 0 Å². The number of nitrogens with zero attached hydrogens (tertiary/aromatic N) is 1. The van der Waals surface area contributed by atoms with Gasteiger partial charge < -0.3 is 5.11 Å². The zero-order valence-corrected chi connectivity index (χ0v) is 22.8. The summed E-state index contributed by atoms with van der Waals surface area (Å²) in [6.07, 6.45) is 11.9. The number of carboxylic acid groups (broad SMARTS) is 1. The van der Waals surface area contributed by atoms with Crippen LogP contribution in [0.5, 0.6) is 0 Å². The number of allylic oxidation sites excluding steroid dienone is 1. The van der Waals surface area contributed by atoms with Gasteiger partial charge in [0, 0.05) is 11.1 Å². The van der Waals surface area contributed by atoms with E-state index in [4.69, 9.17) is 0 Å². The second-order valence-electron chi connectivity index (χ2n) is 14.8. The molecule has 0 aromatic carbocycles. The van der Waals surface area contributed by atoms with Crippen molar-refractivity contribution < 1.29 is 9.90 Å². The maximum absolute atomic E-state index is 12.8. The molecule has 0 amide bonds. The second kappa shape index (κ2) is 7.04. The molecule has 1 aromatic rings. The molecule has 35 heavy (non-hydrogen) atoms. The minimum Gasteiger partial charge on any atom is -0.481 e. The SMILES string of the molecule is C=C(C)[C@@H]1CC[C@]2(C(=O)O)CC[C@]3(C)C(CCC4[C@@]5(C)Cc6cn[nH]c6C(C)(C)C5CC[C@]43C)C12. The predicted octanol–water partition coefficient (Wildman–Crippen LogP) is 7.17. The monoisotopic (exact) mass is 478 g/mol. The number of fused-ring (bicyclic) bond motifs is 8. The number of hydrogen-bond acceptors (Lipinski definition) is 2. The van der Waals surface area contributed by atoms with Gasteiger partial charge in [-0.05, 0) is 116 Å². The van der Waals surface area contributed by atoms with Crippen molar-refractivity contribution in [3.05, 3.63) is 29.6 Å². The highest BCUT2D eigenvalue weighted by atomic mass is 16.4. The zero-order chi connectivity index (χ0) is 25.2. The normalized spacial score (nSPS) is 49.7. The van der Waals surface area contributed by atoms with Gasteiger partial charge in [0.05, 0.1) is 11.6 Å². The fraction of sp³-hybridized carbons (Fsp3) is 0.806. The van der Waals surface area contributed by atoms with Gasteiger partial charge in [0.25, 0.3) is 0 Å². The highest BCUT2D eigenvalue weighted by Crippen LogP contribution is 2.77. The minimum atomic E-state index is -0.531. The highest BCUT2D eigenvalue weighted by molar-refractivity contribution is 5.76. The maximum atomic E-state index is 12.8. The fourth-order valence-electron chi connectivity index (χ4n) is 11.9. The van der Waals surface area contributed by atoms with Gasteiger partial charge in [-0.25, -0.2) is 0 Å². The Kier molecular flexibility index (Phi) is 4.79. The molecule has 4 unspecified atom stereocenters. The lowest BCUT2D eigenvalue weighted by molar-refractivity contribution is -0.227. The summed E-state index contributed by atoms with van der Waals surface area (Å²) in [5, 5.41) is 18.4. The summed E-state index contributed by atoms with van der Waals surface area (Å²) in [6, 6.07) is 0. The summed E-state index contributed by atoms with van der Waals surface area (Å²) >= 11 is 0. The molecule has 5 aliphatic carbocycles. The van der Waals surface area contributed by atoms with Crippen LogP contribution in [0.15, 0.2) is 18.3 Å². The fourth-order valence-corrected chi connectivity index (χ4v) is 11.9. The first kappa shape index (κ1) is 23.8. The zero-order valence-electron chi connectivity index (χ0n) is 22.8. The van der Waals surface area contributed by atoms with Crippen LogP contribution >= 0.6 is 0 Å². The lowest BCUT2D eigenvalue weighted by atomic mass is 9.32. The van der Waals surface area contributed by atoms with Crippen molar-refractivity contribution >= 4 is 5.97 Å². The third-order valence-corrected chi connectivity index (χ3v) is 13.6. The topological polar surface area (TPSA) is 66.0 Å². The van der Waals surface area contributed by atoms with E-state index in [0.29, 0.717) is 23.7 Å². The van der Waals surface area contributed by atoms with Crippen molar-refractivity contribution in [2.24, 2.45) is 51.2 Å². The number of carbonyl (C=O) groups is 1. The quantitative estimate of drug-likeness (QED) is 0.443. The van der Waals surface area contributed by atoms with Crippen molar-refractivity contribution in [2.75, 3.05) is 0 Å². The maximum Gasteiger partial charge on any atom is 0.309 e. The van der Waals surface area contributed by atoms with Crippen LogP contribution in [0.2, 0.25) is 0 Å². The largest absolute Gasteiger partial charge is 0.481 e. The Bertz CT molecular complexity index is 1090. The van der Waals surface area contributed by atoms with E-state index in [1.54, 1.807) is 0 Å². The number of aromatic nitrogens is 2. The standard InChI is InChI=1S/C31H46N2O2/c1-18(2)20-10-13-31(26(34)35)15-14-29(6)21(24(20)31)8-9-23-28(5)16-19-17-32-33-25(19)27(3,4)22(28)11-12-30(23,29)7/h17,20-24H,1,8-16H2,2-7H3,(H,32,33)(H,34,35)/t20-,21?,22?,23?,24?,28-,29+,30+,31-/m0/s1. The van der Waals surface area contributed by atoms with Crippen LogP contribution in [0.25, 0.3) is 0 Å². The minimum absolute atomic E-state index is 0.111. The van der Waals surface area contributed by atoms with Crippen LogP contribution < -0.4 is 0 Å². The number of nitrogens with one attached hydrogen (secondary N) is 1. The van der Waals surface area contributed by atoms with Crippen molar-refractivity contribution in [2.45, 2.75) is 105 Å². The van der Waals surface area contributed by atoms with Gasteiger partial charge in [-0.3, -0.25) is 9.89 Å². The first-order valence-electron chi connectivity index (χ1n) is 14.2. The molecule has 192 valence electrons. The lowest BCUT2D eigenvalue weighted by Gasteiger charge is -2.72. The highest BCUT2D eigenvalue weighted by Gasteiger charge is 2.72. The van der Waals surface area contributed by atoms with Crippen LogP contribution in [0.1, 0.15) is 104 Å². The molecule has 1 aromatic heterocycles. The molecule has 0 saturated heterocycles. The van der Waals surface area contributed by atoms with Crippen molar-refractivity contribution in [1.29, 1.82) is 0 Å². The average molecular weight is 479 g/mol. The molecular formula is C31H46N2O2. The van der Waals surface area contributed by atoms with Crippen molar-refractivity contribution in [3.8, 4) is 0 Å². The molecular weight excluding hydrogens is 432 g/mol. The lowest BCUT2D eigenvalue weighted by Crippen LogP contribution is -2.66. The molecule has 0 radical (unpaired) electrons. The molecule has 4 heteroatoms. The van der Waals surface area contributed by atoms with Gasteiger partial charge in [0.1, 0.15) is 0 Å². The van der Waals surface area contributed by atoms with E-state index in [0.717, 1.165) is 32.1 Å². The van der Waals surface area contributed by atoms with E-state index >= 15 is 0 Å². The third kappa shape index (κ3) is 2.65. The van der Waals surface area contributed by atoms with Gasteiger partial charge in [0.2, 0.25) is 0 Å². The van der Waals surface area contributed by atoms with Crippen LogP contribution in [-0.4, -0.2) is 21.3 Å². The molecule has 4 saturated carbocycles. The Morgan fingerprint density at radius 1 is 1.00 bits per heavy atom. The molecule has 0 bridgehead atoms. The first-order chi connectivity index (χ1) is 16.3. The average Bonchev–Trinajstić information content (AvgIpc) is 3.39. The summed E-state index contributed by atoms with van der Waals surface area (Å²) in [7, 11) is 0. The van der Waals surface area contributed by atoms with Gasteiger partial charge in [-0.2, -0.15) is 5.10 Å². The summed E-state index contributed by atoms with van der Waals surface area (Å²) in [5.41, 5.74) is 4.27. The molecule has 1 heterocycles. The molecule has 6 rings (SSSR count). The Balaban J connectivity index is 1.44. The van der Waals surface area contributed by atoms with Gasteiger partial charge in [0.15, 0.2) is 0 Å². The number of aliphatic carboxylic acids is 1. The van der Waals surface area contributed by atoms with Crippen LogP contribution in [0.4, 0.5) is 0 Å².